The first-order valence-electron chi connectivity index (χ1n) is 10.6. The molecule has 0 aliphatic carbocycles. The third-order valence-corrected chi connectivity index (χ3v) is 6.76. The van der Waals surface area contributed by atoms with Crippen LogP contribution < -0.4 is 5.46 Å². The van der Waals surface area contributed by atoms with Crippen molar-refractivity contribution in [3.05, 3.63) is 69.6 Å². The number of carbonyl (C=O) groups excluding carboxylic acids is 1. The largest absolute Gasteiger partial charge is 0.495 e. The second kappa shape index (κ2) is 8.25. The minimum absolute atomic E-state index is 0.00456. The summed E-state index contributed by atoms with van der Waals surface area (Å²) in [7, 11) is 0.516. The Morgan fingerprint density at radius 3 is 2.12 bits per heavy atom. The van der Waals surface area contributed by atoms with Crippen molar-refractivity contribution in [1.29, 1.82) is 0 Å². The van der Waals surface area contributed by atoms with E-state index in [0.29, 0.717) is 0 Å². The second-order valence-corrected chi connectivity index (χ2v) is 9.74. The molecule has 178 valence electrons. The number of aryl methyl sites for hydroxylation is 2. The minimum atomic E-state index is -0.963. The summed E-state index contributed by atoms with van der Waals surface area (Å²) in [6.07, 6.45) is 0. The van der Waals surface area contributed by atoms with Crippen LogP contribution in [0.4, 0.5) is 13.2 Å². The van der Waals surface area contributed by atoms with Crippen LogP contribution in [0.3, 0.4) is 0 Å². The quantitative estimate of drug-likeness (QED) is 0.382. The van der Waals surface area contributed by atoms with Crippen molar-refractivity contribution in [2.24, 2.45) is 7.05 Å². The molecule has 3 aromatic rings. The van der Waals surface area contributed by atoms with Gasteiger partial charge in [0.2, 0.25) is 0 Å². The Hall–Kier alpha value is -2.62. The van der Waals surface area contributed by atoms with Gasteiger partial charge >= 0.3 is 7.12 Å². The van der Waals surface area contributed by atoms with Crippen LogP contribution in [0, 0.1) is 24.4 Å². The molecule has 1 saturated heterocycles. The Labute approximate surface area is 201 Å². The summed E-state index contributed by atoms with van der Waals surface area (Å²) < 4.78 is 57.4. The van der Waals surface area contributed by atoms with Crippen molar-refractivity contribution in [2.75, 3.05) is 0 Å². The molecule has 2 heterocycles. The normalized spacial score (nSPS) is 16.8. The SMILES string of the molecule is Cc1nn(C)c(-c2c(F)cc(B3OC(C)(C)C(C)(C)O3)cc2F)c1C(=O)c1ccc(F)cc1Cl. The van der Waals surface area contributed by atoms with Gasteiger partial charge in [0.25, 0.3) is 0 Å². The first kappa shape index (κ1) is 24.5. The van der Waals surface area contributed by atoms with Gasteiger partial charge in [0.15, 0.2) is 5.78 Å². The third-order valence-electron chi connectivity index (χ3n) is 6.45. The molecular formula is C24H23BClF3N2O3. The molecule has 4 rings (SSSR count). The van der Waals surface area contributed by atoms with Crippen LogP contribution >= 0.6 is 11.6 Å². The second-order valence-electron chi connectivity index (χ2n) is 9.33. The van der Waals surface area contributed by atoms with E-state index in [9.17, 15) is 9.18 Å². The zero-order valence-corrected chi connectivity index (χ0v) is 20.4. The van der Waals surface area contributed by atoms with Gasteiger partial charge in [0.1, 0.15) is 17.5 Å². The van der Waals surface area contributed by atoms with E-state index >= 15 is 8.78 Å². The fourth-order valence-corrected chi connectivity index (χ4v) is 4.21. The van der Waals surface area contributed by atoms with E-state index in [2.05, 4.69) is 5.10 Å². The van der Waals surface area contributed by atoms with E-state index < -0.39 is 47.1 Å². The molecule has 2 aromatic carbocycles. The van der Waals surface area contributed by atoms with Gasteiger partial charge in [0, 0.05) is 12.6 Å². The summed E-state index contributed by atoms with van der Waals surface area (Å²) in [4.78, 5) is 13.3. The van der Waals surface area contributed by atoms with E-state index in [-0.39, 0.29) is 33.0 Å². The number of carbonyl (C=O) groups is 1. The molecule has 1 aliphatic heterocycles. The van der Waals surface area contributed by atoms with Crippen molar-refractivity contribution in [3.63, 3.8) is 0 Å². The fraction of sp³-hybridized carbons (Fsp3) is 0.333. The lowest BCUT2D eigenvalue weighted by Gasteiger charge is -2.32. The molecule has 0 atom stereocenters. The highest BCUT2D eigenvalue weighted by Crippen LogP contribution is 2.38. The first-order valence-corrected chi connectivity index (χ1v) is 11.0. The van der Waals surface area contributed by atoms with E-state index in [4.69, 9.17) is 20.9 Å². The predicted molar refractivity (Wildman–Crippen MR) is 124 cm³/mol. The highest BCUT2D eigenvalue weighted by molar-refractivity contribution is 6.62. The summed E-state index contributed by atoms with van der Waals surface area (Å²) >= 11 is 6.07. The van der Waals surface area contributed by atoms with E-state index in [1.807, 2.05) is 27.7 Å². The Morgan fingerprint density at radius 1 is 1.03 bits per heavy atom. The zero-order valence-electron chi connectivity index (χ0n) is 19.6. The van der Waals surface area contributed by atoms with Crippen LogP contribution in [0.2, 0.25) is 5.02 Å². The molecule has 0 spiro atoms. The van der Waals surface area contributed by atoms with Gasteiger partial charge in [-0.25, -0.2) is 13.2 Å². The van der Waals surface area contributed by atoms with Crippen molar-refractivity contribution in [1.82, 2.24) is 9.78 Å². The molecule has 0 N–H and O–H groups in total. The van der Waals surface area contributed by atoms with E-state index in [0.717, 1.165) is 24.3 Å². The number of halogens is 4. The van der Waals surface area contributed by atoms with E-state index in [1.54, 1.807) is 6.92 Å². The highest BCUT2D eigenvalue weighted by atomic mass is 35.5. The molecule has 0 amide bonds. The lowest BCUT2D eigenvalue weighted by molar-refractivity contribution is 0.00578. The molecular weight excluding hydrogens is 468 g/mol. The molecule has 0 saturated carbocycles. The molecule has 0 unspecified atom stereocenters. The van der Waals surface area contributed by atoms with Gasteiger partial charge in [-0.2, -0.15) is 5.10 Å². The molecule has 1 aliphatic rings. The van der Waals surface area contributed by atoms with Crippen molar-refractivity contribution < 1.29 is 27.3 Å². The first-order chi connectivity index (χ1) is 15.7. The molecule has 5 nitrogen and oxygen atoms in total. The van der Waals surface area contributed by atoms with Crippen LogP contribution in [-0.4, -0.2) is 33.9 Å². The minimum Gasteiger partial charge on any atom is -0.399 e. The number of hydrogen-bond donors (Lipinski definition) is 0. The Kier molecular flexibility index (Phi) is 5.95. The Balaban J connectivity index is 1.82. The van der Waals surface area contributed by atoms with Crippen LogP contribution in [0.25, 0.3) is 11.3 Å². The Bertz CT molecular complexity index is 1280. The van der Waals surface area contributed by atoms with Crippen LogP contribution in [-0.2, 0) is 16.4 Å². The average molecular weight is 491 g/mol. The van der Waals surface area contributed by atoms with Crippen LogP contribution in [0.1, 0.15) is 49.3 Å². The van der Waals surface area contributed by atoms with Crippen molar-refractivity contribution in [2.45, 2.75) is 45.8 Å². The maximum atomic E-state index is 15.4. The maximum Gasteiger partial charge on any atom is 0.495 e. The number of aromatic nitrogens is 2. The van der Waals surface area contributed by atoms with E-state index in [1.165, 1.54) is 17.8 Å². The molecule has 0 bridgehead atoms. The molecule has 1 fully saturated rings. The standard InChI is InChI=1S/C24H23BClF3N2O3/c1-12-19(22(32)15-8-7-14(27)11-16(15)26)21(31(6)30-12)20-17(28)9-13(10-18(20)29)25-33-23(2,3)24(4,5)34-25/h7-11H,1-6H3. The Morgan fingerprint density at radius 2 is 1.59 bits per heavy atom. The summed E-state index contributed by atoms with van der Waals surface area (Å²) in [5.74, 6) is -3.06. The van der Waals surface area contributed by atoms with Gasteiger partial charge in [-0.15, -0.1) is 0 Å². The molecule has 1 aromatic heterocycles. The average Bonchev–Trinajstić information content (AvgIpc) is 3.11. The van der Waals surface area contributed by atoms with Crippen LogP contribution in [0.15, 0.2) is 30.3 Å². The summed E-state index contributed by atoms with van der Waals surface area (Å²) in [6, 6.07) is 5.57. The van der Waals surface area contributed by atoms with Crippen molar-refractivity contribution >= 4 is 30.0 Å². The summed E-state index contributed by atoms with van der Waals surface area (Å²) in [5, 5.41) is 4.08. The van der Waals surface area contributed by atoms with Gasteiger partial charge in [-0.3, -0.25) is 9.48 Å². The number of nitrogens with zero attached hydrogens (tertiary/aromatic N) is 2. The van der Waals surface area contributed by atoms with Gasteiger partial charge < -0.3 is 9.31 Å². The molecule has 10 heteroatoms. The predicted octanol–water partition coefficient (Wildman–Crippen LogP) is 5.00. The fourth-order valence-electron chi connectivity index (χ4n) is 3.96. The van der Waals surface area contributed by atoms with Gasteiger partial charge in [-0.1, -0.05) is 11.6 Å². The monoisotopic (exact) mass is 490 g/mol. The zero-order chi connectivity index (χ0) is 25.2. The number of ketones is 1. The lowest BCUT2D eigenvalue weighted by atomic mass is 9.78. The van der Waals surface area contributed by atoms with Gasteiger partial charge in [0.05, 0.1) is 38.7 Å². The third kappa shape index (κ3) is 3.95. The molecule has 34 heavy (non-hydrogen) atoms. The smallest absolute Gasteiger partial charge is 0.399 e. The maximum absolute atomic E-state index is 15.4. The topological polar surface area (TPSA) is 53.4 Å². The summed E-state index contributed by atoms with van der Waals surface area (Å²) in [6.45, 7) is 8.90. The van der Waals surface area contributed by atoms with Crippen molar-refractivity contribution in [3.8, 4) is 11.3 Å². The highest BCUT2D eigenvalue weighted by Gasteiger charge is 2.52. The van der Waals surface area contributed by atoms with Crippen LogP contribution in [0.5, 0.6) is 0 Å². The number of hydrogen-bond acceptors (Lipinski definition) is 4. The number of rotatable bonds is 4. The van der Waals surface area contributed by atoms with Gasteiger partial charge in [-0.05, 0) is 70.4 Å². The number of benzene rings is 2. The summed E-state index contributed by atoms with van der Waals surface area (Å²) in [5.41, 5.74) is -1.47. The lowest BCUT2D eigenvalue weighted by Crippen LogP contribution is -2.41. The molecule has 0 radical (unpaired) electrons.